The van der Waals surface area contributed by atoms with Gasteiger partial charge in [0.05, 0.1) is 11.7 Å². The summed E-state index contributed by atoms with van der Waals surface area (Å²) in [6, 6.07) is 0. The molecule has 3 rings (SSSR count). The molecule has 0 aromatic heterocycles. The van der Waals surface area contributed by atoms with Gasteiger partial charge in [-0.3, -0.25) is 0 Å². The van der Waals surface area contributed by atoms with Crippen molar-refractivity contribution in [2.45, 2.75) is 64.1 Å². The molecule has 3 atom stereocenters. The lowest BCUT2D eigenvalue weighted by atomic mass is 9.69. The minimum Gasteiger partial charge on any atom is -0.366 e. The molecule has 2 saturated carbocycles. The molecule has 3 fully saturated rings. The smallest absolute Gasteiger partial charge is 0.0950 e. The average Bonchev–Trinajstić information content (AvgIpc) is 2.97. The summed E-state index contributed by atoms with van der Waals surface area (Å²) in [5, 5.41) is 0. The van der Waals surface area contributed by atoms with Gasteiger partial charge in [-0.05, 0) is 50.9 Å². The van der Waals surface area contributed by atoms with E-state index in [4.69, 9.17) is 4.74 Å². The maximum atomic E-state index is 5.82. The SMILES string of the molecule is CC1O[C@]1(C)C1CCCCC12CC2. The molecule has 13 heavy (non-hydrogen) atoms. The molecular formula is C12H20O. The molecule has 2 unspecified atom stereocenters. The van der Waals surface area contributed by atoms with Crippen LogP contribution in [0.4, 0.5) is 0 Å². The van der Waals surface area contributed by atoms with Crippen molar-refractivity contribution in [3.8, 4) is 0 Å². The highest BCUT2D eigenvalue weighted by Crippen LogP contribution is 2.66. The van der Waals surface area contributed by atoms with Gasteiger partial charge in [-0.2, -0.15) is 0 Å². The Morgan fingerprint density at radius 3 is 2.38 bits per heavy atom. The van der Waals surface area contributed by atoms with Crippen molar-refractivity contribution in [2.75, 3.05) is 0 Å². The van der Waals surface area contributed by atoms with Crippen molar-refractivity contribution >= 4 is 0 Å². The molecule has 1 spiro atoms. The Morgan fingerprint density at radius 2 is 1.85 bits per heavy atom. The Labute approximate surface area is 80.8 Å². The van der Waals surface area contributed by atoms with E-state index in [1.807, 2.05) is 0 Å². The first-order chi connectivity index (χ1) is 6.17. The average molecular weight is 180 g/mol. The molecule has 3 aliphatic rings. The van der Waals surface area contributed by atoms with E-state index >= 15 is 0 Å². The van der Waals surface area contributed by atoms with Gasteiger partial charge < -0.3 is 4.74 Å². The zero-order valence-corrected chi connectivity index (χ0v) is 8.81. The van der Waals surface area contributed by atoms with Crippen LogP contribution in [0, 0.1) is 11.3 Å². The Hall–Kier alpha value is -0.0400. The summed E-state index contributed by atoms with van der Waals surface area (Å²) in [7, 11) is 0. The normalized spacial score (nSPS) is 52.2. The number of ether oxygens (including phenoxy) is 1. The van der Waals surface area contributed by atoms with Crippen LogP contribution in [0.5, 0.6) is 0 Å². The largest absolute Gasteiger partial charge is 0.366 e. The second kappa shape index (κ2) is 2.31. The fourth-order valence-electron chi connectivity index (χ4n) is 3.67. The van der Waals surface area contributed by atoms with Crippen molar-refractivity contribution in [3.63, 3.8) is 0 Å². The molecule has 1 saturated heterocycles. The molecule has 1 heterocycles. The van der Waals surface area contributed by atoms with E-state index in [1.165, 1.54) is 38.5 Å². The van der Waals surface area contributed by atoms with Gasteiger partial charge >= 0.3 is 0 Å². The number of epoxide rings is 1. The van der Waals surface area contributed by atoms with Crippen LogP contribution in [0.25, 0.3) is 0 Å². The summed E-state index contributed by atoms with van der Waals surface area (Å²) in [6.07, 6.45) is 9.35. The monoisotopic (exact) mass is 180 g/mol. The molecular weight excluding hydrogens is 160 g/mol. The summed E-state index contributed by atoms with van der Waals surface area (Å²) in [4.78, 5) is 0. The van der Waals surface area contributed by atoms with Crippen LogP contribution >= 0.6 is 0 Å². The highest BCUT2D eigenvalue weighted by Gasteiger charge is 2.64. The third kappa shape index (κ3) is 1.03. The van der Waals surface area contributed by atoms with Gasteiger partial charge in [0.25, 0.3) is 0 Å². The number of hydrogen-bond donors (Lipinski definition) is 0. The van der Waals surface area contributed by atoms with Crippen molar-refractivity contribution in [1.29, 1.82) is 0 Å². The van der Waals surface area contributed by atoms with E-state index in [2.05, 4.69) is 13.8 Å². The van der Waals surface area contributed by atoms with Crippen LogP contribution < -0.4 is 0 Å². The molecule has 0 aromatic rings. The standard InChI is InChI=1S/C12H20O/c1-9-11(2,13-9)10-5-3-4-6-12(10)7-8-12/h9-10H,3-8H2,1-2H3/t9?,10?,11-/m0/s1. The topological polar surface area (TPSA) is 12.5 Å². The predicted molar refractivity (Wildman–Crippen MR) is 52.6 cm³/mol. The summed E-state index contributed by atoms with van der Waals surface area (Å²) in [5.74, 6) is 0.892. The van der Waals surface area contributed by atoms with Gasteiger partial charge in [-0.15, -0.1) is 0 Å². The zero-order valence-electron chi connectivity index (χ0n) is 8.81. The second-order valence-electron chi connectivity index (χ2n) is 5.60. The molecule has 0 bridgehead atoms. The first-order valence-electron chi connectivity index (χ1n) is 5.85. The molecule has 1 aliphatic heterocycles. The minimum atomic E-state index is 0.275. The van der Waals surface area contributed by atoms with Gasteiger partial charge in [0, 0.05) is 0 Å². The molecule has 0 amide bonds. The summed E-state index contributed by atoms with van der Waals surface area (Å²) >= 11 is 0. The Bertz CT molecular complexity index is 229. The van der Waals surface area contributed by atoms with Gasteiger partial charge in [0.15, 0.2) is 0 Å². The minimum absolute atomic E-state index is 0.275. The third-order valence-electron chi connectivity index (χ3n) is 4.92. The van der Waals surface area contributed by atoms with Crippen LogP contribution in [-0.2, 0) is 4.74 Å². The number of rotatable bonds is 1. The van der Waals surface area contributed by atoms with Crippen LogP contribution in [0.15, 0.2) is 0 Å². The van der Waals surface area contributed by atoms with Crippen molar-refractivity contribution in [3.05, 3.63) is 0 Å². The van der Waals surface area contributed by atoms with E-state index in [1.54, 1.807) is 0 Å². The molecule has 0 radical (unpaired) electrons. The summed E-state index contributed by atoms with van der Waals surface area (Å²) < 4.78 is 5.82. The Morgan fingerprint density at radius 1 is 1.15 bits per heavy atom. The Balaban J connectivity index is 1.82. The number of hydrogen-bond acceptors (Lipinski definition) is 1. The van der Waals surface area contributed by atoms with E-state index in [-0.39, 0.29) is 5.60 Å². The highest BCUT2D eigenvalue weighted by molar-refractivity contribution is 5.13. The van der Waals surface area contributed by atoms with Crippen LogP contribution in [-0.4, -0.2) is 11.7 Å². The third-order valence-corrected chi connectivity index (χ3v) is 4.92. The van der Waals surface area contributed by atoms with Crippen LogP contribution in [0.3, 0.4) is 0 Å². The lowest BCUT2D eigenvalue weighted by Gasteiger charge is -2.35. The molecule has 0 aromatic carbocycles. The van der Waals surface area contributed by atoms with Gasteiger partial charge in [0.2, 0.25) is 0 Å². The maximum absolute atomic E-state index is 5.82. The van der Waals surface area contributed by atoms with E-state index in [0.717, 1.165) is 11.3 Å². The lowest BCUT2D eigenvalue weighted by Crippen LogP contribution is -2.34. The van der Waals surface area contributed by atoms with E-state index in [9.17, 15) is 0 Å². The zero-order chi connectivity index (χ0) is 9.10. The highest BCUT2D eigenvalue weighted by atomic mass is 16.6. The van der Waals surface area contributed by atoms with Crippen molar-refractivity contribution in [1.82, 2.24) is 0 Å². The first-order valence-corrected chi connectivity index (χ1v) is 5.85. The fourth-order valence-corrected chi connectivity index (χ4v) is 3.67. The molecule has 2 aliphatic carbocycles. The maximum Gasteiger partial charge on any atom is 0.0950 e. The van der Waals surface area contributed by atoms with Gasteiger partial charge in [0.1, 0.15) is 0 Å². The predicted octanol–water partition coefficient (Wildman–Crippen LogP) is 3.13. The first kappa shape index (κ1) is 8.28. The summed E-state index contributed by atoms with van der Waals surface area (Å²) in [6.45, 7) is 4.58. The van der Waals surface area contributed by atoms with Crippen molar-refractivity contribution in [2.24, 2.45) is 11.3 Å². The molecule has 0 N–H and O–H groups in total. The fraction of sp³-hybridized carbons (Fsp3) is 1.00. The van der Waals surface area contributed by atoms with E-state index in [0.29, 0.717) is 6.10 Å². The molecule has 74 valence electrons. The van der Waals surface area contributed by atoms with Gasteiger partial charge in [-0.25, -0.2) is 0 Å². The van der Waals surface area contributed by atoms with Gasteiger partial charge in [-0.1, -0.05) is 12.8 Å². The van der Waals surface area contributed by atoms with Crippen LogP contribution in [0.1, 0.15) is 52.4 Å². The quantitative estimate of drug-likeness (QED) is 0.565. The van der Waals surface area contributed by atoms with Crippen molar-refractivity contribution < 1.29 is 4.74 Å². The molecule has 1 heteroatoms. The summed E-state index contributed by atoms with van der Waals surface area (Å²) in [5.41, 5.74) is 1.02. The van der Waals surface area contributed by atoms with Crippen LogP contribution in [0.2, 0.25) is 0 Å². The molecule has 1 nitrogen and oxygen atoms in total. The second-order valence-corrected chi connectivity index (χ2v) is 5.60. The van der Waals surface area contributed by atoms with E-state index < -0.39 is 0 Å². The Kier molecular flexibility index (Phi) is 1.47. The lowest BCUT2D eigenvalue weighted by molar-refractivity contribution is 0.111.